The molecule has 5 nitrogen and oxygen atoms in total. The molecule has 0 saturated carbocycles. The van der Waals surface area contributed by atoms with Crippen molar-refractivity contribution in [2.45, 2.75) is 52.6 Å². The van der Waals surface area contributed by atoms with E-state index in [9.17, 15) is 4.79 Å². The number of hydrogen-bond donors (Lipinski definition) is 2. The van der Waals surface area contributed by atoms with Crippen LogP contribution in [0.2, 0.25) is 0 Å². The number of likely N-dealkylation sites (N-methyl/N-ethyl adjacent to an activating group) is 1. The van der Waals surface area contributed by atoms with Crippen molar-refractivity contribution in [2.75, 3.05) is 6.54 Å². The van der Waals surface area contributed by atoms with Gasteiger partial charge in [0.25, 0.3) is 0 Å². The zero-order chi connectivity index (χ0) is 13.5. The first-order valence-corrected chi connectivity index (χ1v) is 6.64. The topological polar surface area (TPSA) is 67.2 Å². The number of nitrogens with zero attached hydrogens (tertiary/aromatic N) is 2. The molecule has 102 valence electrons. The molecule has 1 unspecified atom stereocenters. The molecule has 1 aromatic rings. The smallest absolute Gasteiger partial charge is 0.320 e. The number of rotatable bonds is 8. The maximum atomic E-state index is 11.0. The highest BCUT2D eigenvalue weighted by Gasteiger charge is 2.16. The number of aliphatic carboxylic acids is 1. The van der Waals surface area contributed by atoms with Crippen molar-refractivity contribution in [2.24, 2.45) is 0 Å². The third kappa shape index (κ3) is 3.84. The van der Waals surface area contributed by atoms with Crippen LogP contribution in [-0.4, -0.2) is 33.4 Å². The molecule has 5 heteroatoms. The first-order valence-electron chi connectivity index (χ1n) is 6.64. The molecule has 1 rings (SSSR count). The highest BCUT2D eigenvalue weighted by Crippen LogP contribution is 2.08. The minimum Gasteiger partial charge on any atom is -0.480 e. The minimum absolute atomic E-state index is 0.492. The normalized spacial score (nSPS) is 12.6. The summed E-state index contributed by atoms with van der Waals surface area (Å²) in [6.07, 6.45) is 2.39. The zero-order valence-corrected chi connectivity index (χ0v) is 11.4. The lowest BCUT2D eigenvalue weighted by Gasteiger charge is -2.13. The fourth-order valence-corrected chi connectivity index (χ4v) is 1.98. The van der Waals surface area contributed by atoms with Crippen LogP contribution in [0.1, 0.15) is 38.6 Å². The Labute approximate surface area is 108 Å². The van der Waals surface area contributed by atoms with Crippen LogP contribution in [0.4, 0.5) is 0 Å². The van der Waals surface area contributed by atoms with Gasteiger partial charge in [0.2, 0.25) is 0 Å². The summed E-state index contributed by atoms with van der Waals surface area (Å²) in [7, 11) is 0. The van der Waals surface area contributed by atoms with Crippen LogP contribution < -0.4 is 5.32 Å². The van der Waals surface area contributed by atoms with Gasteiger partial charge in [0.15, 0.2) is 0 Å². The van der Waals surface area contributed by atoms with Crippen molar-refractivity contribution in [3.05, 3.63) is 17.5 Å². The number of hydrogen-bond acceptors (Lipinski definition) is 3. The number of carboxylic acid groups (broad SMARTS) is 1. The Morgan fingerprint density at radius 1 is 1.44 bits per heavy atom. The highest BCUT2D eigenvalue weighted by atomic mass is 16.4. The van der Waals surface area contributed by atoms with Crippen molar-refractivity contribution < 1.29 is 9.90 Å². The Bertz CT molecular complexity index is 388. The van der Waals surface area contributed by atoms with Crippen molar-refractivity contribution in [3.63, 3.8) is 0 Å². The van der Waals surface area contributed by atoms with Crippen LogP contribution in [0.5, 0.6) is 0 Å². The minimum atomic E-state index is -0.794. The Hall–Kier alpha value is -1.36. The Balaban J connectivity index is 2.66. The molecule has 0 aliphatic heterocycles. The van der Waals surface area contributed by atoms with Gasteiger partial charge in [-0.25, -0.2) is 0 Å². The van der Waals surface area contributed by atoms with Crippen LogP contribution in [0.25, 0.3) is 0 Å². The molecule has 1 aromatic heterocycles. The van der Waals surface area contributed by atoms with E-state index < -0.39 is 12.0 Å². The van der Waals surface area contributed by atoms with Gasteiger partial charge in [-0.05, 0) is 31.9 Å². The molecule has 0 bridgehead atoms. The van der Waals surface area contributed by atoms with Crippen molar-refractivity contribution in [3.8, 4) is 0 Å². The summed E-state index contributed by atoms with van der Waals surface area (Å²) < 4.78 is 1.94. The van der Waals surface area contributed by atoms with E-state index in [1.165, 1.54) is 5.69 Å². The van der Waals surface area contributed by atoms with Gasteiger partial charge in [-0.2, -0.15) is 5.10 Å². The van der Waals surface area contributed by atoms with Gasteiger partial charge >= 0.3 is 5.97 Å². The lowest BCUT2D eigenvalue weighted by molar-refractivity contribution is -0.139. The Morgan fingerprint density at radius 2 is 2.17 bits per heavy atom. The van der Waals surface area contributed by atoms with Gasteiger partial charge in [0.1, 0.15) is 6.04 Å². The summed E-state index contributed by atoms with van der Waals surface area (Å²) in [6, 6.07) is 1.61. The van der Waals surface area contributed by atoms with E-state index in [0.717, 1.165) is 18.5 Å². The molecular weight excluding hydrogens is 230 g/mol. The van der Waals surface area contributed by atoms with Gasteiger partial charge in [0.05, 0.1) is 5.69 Å². The number of nitrogens with one attached hydrogen (secondary N) is 1. The van der Waals surface area contributed by atoms with Crippen LogP contribution in [0.3, 0.4) is 0 Å². The summed E-state index contributed by atoms with van der Waals surface area (Å²) in [6.45, 7) is 7.39. The SMILES string of the molecule is CCNC(CCn1nc(CC)cc1CC)C(=O)O. The summed E-state index contributed by atoms with van der Waals surface area (Å²) in [5.74, 6) is -0.794. The van der Waals surface area contributed by atoms with Crippen LogP contribution in [0.15, 0.2) is 6.07 Å². The number of carboxylic acids is 1. The molecule has 0 radical (unpaired) electrons. The molecule has 0 saturated heterocycles. The number of aromatic nitrogens is 2. The van der Waals surface area contributed by atoms with Crippen molar-refractivity contribution in [1.82, 2.24) is 15.1 Å². The summed E-state index contributed by atoms with van der Waals surface area (Å²) in [5.41, 5.74) is 2.25. The average Bonchev–Trinajstić information content (AvgIpc) is 2.76. The third-order valence-electron chi connectivity index (χ3n) is 3.02. The van der Waals surface area contributed by atoms with E-state index in [1.807, 2.05) is 11.6 Å². The van der Waals surface area contributed by atoms with Gasteiger partial charge in [-0.15, -0.1) is 0 Å². The molecule has 0 fully saturated rings. The van der Waals surface area contributed by atoms with E-state index in [0.29, 0.717) is 19.5 Å². The second-order valence-corrected chi connectivity index (χ2v) is 4.29. The Kier molecular flexibility index (Phi) is 5.85. The monoisotopic (exact) mass is 253 g/mol. The highest BCUT2D eigenvalue weighted by molar-refractivity contribution is 5.73. The quantitative estimate of drug-likeness (QED) is 0.736. The molecular formula is C13H23N3O2. The van der Waals surface area contributed by atoms with Gasteiger partial charge < -0.3 is 10.4 Å². The molecule has 1 atom stereocenters. The predicted octanol–water partition coefficient (Wildman–Crippen LogP) is 1.46. The standard InChI is InChI=1S/C13H23N3O2/c1-4-10-9-11(5-2)16(15-10)8-7-12(13(17)18)14-6-3/h9,12,14H,4-8H2,1-3H3,(H,17,18). The summed E-state index contributed by atoms with van der Waals surface area (Å²) >= 11 is 0. The third-order valence-corrected chi connectivity index (χ3v) is 3.02. The fraction of sp³-hybridized carbons (Fsp3) is 0.692. The molecule has 2 N–H and O–H groups in total. The van der Waals surface area contributed by atoms with Crippen molar-refractivity contribution >= 4 is 5.97 Å². The number of carbonyl (C=O) groups is 1. The largest absolute Gasteiger partial charge is 0.480 e. The van der Waals surface area contributed by atoms with E-state index >= 15 is 0 Å². The molecule has 0 spiro atoms. The second kappa shape index (κ2) is 7.16. The first kappa shape index (κ1) is 14.7. The fourth-order valence-electron chi connectivity index (χ4n) is 1.98. The van der Waals surface area contributed by atoms with Crippen LogP contribution in [-0.2, 0) is 24.2 Å². The van der Waals surface area contributed by atoms with E-state index in [1.54, 1.807) is 0 Å². The molecule has 1 heterocycles. The molecule has 0 aromatic carbocycles. The van der Waals surface area contributed by atoms with Crippen LogP contribution in [0, 0.1) is 0 Å². The van der Waals surface area contributed by atoms with Crippen molar-refractivity contribution in [1.29, 1.82) is 0 Å². The molecule has 0 amide bonds. The predicted molar refractivity (Wildman–Crippen MR) is 70.7 cm³/mol. The van der Waals surface area contributed by atoms with E-state index in [-0.39, 0.29) is 0 Å². The van der Waals surface area contributed by atoms with Gasteiger partial charge in [0, 0.05) is 12.2 Å². The van der Waals surface area contributed by atoms with Gasteiger partial charge in [-0.1, -0.05) is 20.8 Å². The lowest BCUT2D eigenvalue weighted by atomic mass is 10.2. The molecule has 0 aliphatic carbocycles. The first-order chi connectivity index (χ1) is 8.62. The van der Waals surface area contributed by atoms with E-state index in [4.69, 9.17) is 5.11 Å². The maximum Gasteiger partial charge on any atom is 0.320 e. The van der Waals surface area contributed by atoms with Gasteiger partial charge in [-0.3, -0.25) is 9.48 Å². The summed E-state index contributed by atoms with van der Waals surface area (Å²) in [4.78, 5) is 11.0. The number of aryl methyl sites for hydroxylation is 3. The maximum absolute atomic E-state index is 11.0. The summed E-state index contributed by atoms with van der Waals surface area (Å²) in [5, 5.41) is 16.5. The second-order valence-electron chi connectivity index (χ2n) is 4.29. The Morgan fingerprint density at radius 3 is 2.67 bits per heavy atom. The zero-order valence-electron chi connectivity index (χ0n) is 11.4. The van der Waals surface area contributed by atoms with Crippen LogP contribution >= 0.6 is 0 Å². The molecule has 18 heavy (non-hydrogen) atoms. The average molecular weight is 253 g/mol. The lowest BCUT2D eigenvalue weighted by Crippen LogP contribution is -2.37. The molecule has 0 aliphatic rings. The van der Waals surface area contributed by atoms with E-state index in [2.05, 4.69) is 30.3 Å².